The molecule has 1 aliphatic heterocycles. The number of fused-ring (bicyclic) bond motifs is 1. The smallest absolute Gasteiger partial charge is 0.254 e. The maximum Gasteiger partial charge on any atom is 0.254 e. The number of rotatable bonds is 6. The van der Waals surface area contributed by atoms with E-state index in [1.807, 2.05) is 39.2 Å². The second-order valence-corrected chi connectivity index (χ2v) is 11.3. The number of H-pyrrole nitrogens is 1. The minimum atomic E-state index is -0.878. The van der Waals surface area contributed by atoms with E-state index in [0.717, 1.165) is 42.1 Å². The Morgan fingerprint density at radius 3 is 2.53 bits per heavy atom. The molecule has 10 heteroatoms. The Morgan fingerprint density at radius 2 is 1.84 bits per heavy atom. The summed E-state index contributed by atoms with van der Waals surface area (Å²) in [6.07, 6.45) is 9.18. The zero-order valence-electron chi connectivity index (χ0n) is 21.9. The molecule has 1 unspecified atom stereocenters. The van der Waals surface area contributed by atoms with Crippen LogP contribution in [0.4, 0.5) is 0 Å². The van der Waals surface area contributed by atoms with Gasteiger partial charge in [0.1, 0.15) is 5.82 Å². The highest BCUT2D eigenvalue weighted by Crippen LogP contribution is 2.52. The van der Waals surface area contributed by atoms with Gasteiger partial charge in [0.25, 0.3) is 17.3 Å². The number of aromatic nitrogens is 3. The molecule has 2 aromatic heterocycles. The van der Waals surface area contributed by atoms with Crippen LogP contribution < -0.4 is 20.3 Å². The largest absolute Gasteiger partial charge is 0.448 e. The van der Waals surface area contributed by atoms with Crippen LogP contribution in [0, 0.1) is 19.8 Å². The van der Waals surface area contributed by atoms with E-state index in [4.69, 9.17) is 21.1 Å². The summed E-state index contributed by atoms with van der Waals surface area (Å²) in [6.45, 7) is 5.70. The lowest BCUT2D eigenvalue weighted by atomic mass is 9.78. The zero-order chi connectivity index (χ0) is 27.0. The summed E-state index contributed by atoms with van der Waals surface area (Å²) in [7, 11) is 0. The van der Waals surface area contributed by atoms with E-state index in [1.54, 1.807) is 18.5 Å². The first kappa shape index (κ1) is 26.6. The van der Waals surface area contributed by atoms with Crippen molar-refractivity contribution in [1.29, 1.82) is 0 Å². The molecule has 2 N–H and O–H groups in total. The van der Waals surface area contributed by atoms with E-state index < -0.39 is 5.79 Å². The van der Waals surface area contributed by atoms with Crippen LogP contribution in [0.5, 0.6) is 11.5 Å². The summed E-state index contributed by atoms with van der Waals surface area (Å²) >= 11 is 8.08. The molecule has 1 amide bonds. The average molecular weight is 555 g/mol. The van der Waals surface area contributed by atoms with Gasteiger partial charge in [-0.3, -0.25) is 9.59 Å². The van der Waals surface area contributed by atoms with Gasteiger partial charge in [-0.15, -0.1) is 11.8 Å². The lowest BCUT2D eigenvalue weighted by Crippen LogP contribution is -2.44. The maximum atomic E-state index is 13.2. The Labute approximate surface area is 230 Å². The summed E-state index contributed by atoms with van der Waals surface area (Å²) in [5.41, 5.74) is 2.13. The monoisotopic (exact) mass is 554 g/mol. The number of pyridine rings is 1. The fourth-order valence-electron chi connectivity index (χ4n) is 5.45. The highest BCUT2D eigenvalue weighted by Gasteiger charge is 2.47. The molecule has 1 aromatic carbocycles. The Kier molecular flexibility index (Phi) is 7.42. The van der Waals surface area contributed by atoms with Gasteiger partial charge in [0.2, 0.25) is 0 Å². The number of halogens is 1. The first-order valence-electron chi connectivity index (χ1n) is 12.7. The molecule has 1 atom stereocenters. The van der Waals surface area contributed by atoms with E-state index >= 15 is 0 Å². The summed E-state index contributed by atoms with van der Waals surface area (Å²) in [4.78, 5) is 38.2. The number of nitrogens with zero attached hydrogens (tertiary/aromatic N) is 2. The first-order chi connectivity index (χ1) is 18.2. The lowest BCUT2D eigenvalue weighted by molar-refractivity contribution is -0.121. The van der Waals surface area contributed by atoms with Crippen LogP contribution in [0.1, 0.15) is 71.5 Å². The highest BCUT2D eigenvalue weighted by molar-refractivity contribution is 7.98. The normalized spacial score (nSPS) is 22.3. The van der Waals surface area contributed by atoms with E-state index in [0.29, 0.717) is 39.1 Å². The fourth-order valence-corrected chi connectivity index (χ4v) is 6.38. The lowest BCUT2D eigenvalue weighted by Gasteiger charge is -2.36. The Hall–Kier alpha value is -3.04. The number of nitrogens with one attached hydrogen (secondary N) is 2. The quantitative estimate of drug-likeness (QED) is 0.385. The minimum absolute atomic E-state index is 0.0994. The maximum absolute atomic E-state index is 13.2. The molecule has 8 nitrogen and oxygen atoms in total. The third kappa shape index (κ3) is 5.01. The SMILES string of the molecule is CSc1cc(C)[nH]c(=O)c1CNC(=O)c1cc(Cl)c2c(c1C)OC(C)(C1CCC(c3ncccn3)CC1)O2. The zero-order valence-corrected chi connectivity index (χ0v) is 23.5. The standard InChI is InChI=1S/C28H31ClN4O4S/c1-15-12-22(38-4)20(27(35)33-15)14-32-26(34)19-13-21(29)24-23(16(19)2)36-28(3,37-24)18-8-6-17(7-9-18)25-30-10-5-11-31-25/h5,10-13,17-18H,6-9,14H2,1-4H3,(H,32,34)(H,33,35). The summed E-state index contributed by atoms with van der Waals surface area (Å²) in [6, 6.07) is 5.34. The Bertz CT molecular complexity index is 1420. The van der Waals surface area contributed by atoms with Gasteiger partial charge in [-0.1, -0.05) is 11.6 Å². The number of hydrogen-bond acceptors (Lipinski definition) is 7. The molecule has 2 aliphatic rings. The van der Waals surface area contributed by atoms with Crippen molar-refractivity contribution < 1.29 is 14.3 Å². The van der Waals surface area contributed by atoms with Crippen LogP contribution in [0.3, 0.4) is 0 Å². The third-order valence-corrected chi connectivity index (χ3v) is 8.67. The van der Waals surface area contributed by atoms with E-state index in [9.17, 15) is 9.59 Å². The number of carbonyl (C=O) groups is 1. The molecule has 0 bridgehead atoms. The molecular weight excluding hydrogens is 524 g/mol. The second-order valence-electron chi connectivity index (χ2n) is 10.1. The van der Waals surface area contributed by atoms with Crippen molar-refractivity contribution in [3.63, 3.8) is 0 Å². The van der Waals surface area contributed by atoms with E-state index in [-0.39, 0.29) is 23.9 Å². The third-order valence-electron chi connectivity index (χ3n) is 7.59. The summed E-state index contributed by atoms with van der Waals surface area (Å²) < 4.78 is 12.8. The average Bonchev–Trinajstić information content (AvgIpc) is 3.30. The van der Waals surface area contributed by atoms with Gasteiger partial charge in [0.15, 0.2) is 11.5 Å². The number of thioether (sulfide) groups is 1. The molecule has 0 radical (unpaired) electrons. The van der Waals surface area contributed by atoms with Crippen LogP contribution in [-0.2, 0) is 6.54 Å². The number of ether oxygens (including phenoxy) is 2. The van der Waals surface area contributed by atoms with E-state index in [2.05, 4.69) is 20.3 Å². The number of aromatic amines is 1. The van der Waals surface area contributed by atoms with Gasteiger partial charge in [0, 0.05) is 65.0 Å². The van der Waals surface area contributed by atoms with Crippen LogP contribution in [0.2, 0.25) is 5.02 Å². The Morgan fingerprint density at radius 1 is 1.16 bits per heavy atom. The topological polar surface area (TPSA) is 106 Å². The Balaban J connectivity index is 1.31. The number of amides is 1. The fraction of sp³-hybridized carbons (Fsp3) is 0.429. The molecule has 3 heterocycles. The van der Waals surface area contributed by atoms with Gasteiger partial charge in [-0.2, -0.15) is 0 Å². The molecular formula is C28H31ClN4O4S. The second kappa shape index (κ2) is 10.6. The van der Waals surface area contributed by atoms with Crippen LogP contribution in [0.25, 0.3) is 0 Å². The van der Waals surface area contributed by atoms with Crippen molar-refractivity contribution in [2.75, 3.05) is 6.26 Å². The van der Waals surface area contributed by atoms with E-state index in [1.165, 1.54) is 11.8 Å². The van der Waals surface area contributed by atoms with Gasteiger partial charge < -0.3 is 19.8 Å². The van der Waals surface area contributed by atoms with Gasteiger partial charge in [-0.25, -0.2) is 9.97 Å². The first-order valence-corrected chi connectivity index (χ1v) is 14.3. The predicted octanol–water partition coefficient (Wildman–Crippen LogP) is 5.55. The molecule has 38 heavy (non-hydrogen) atoms. The number of aryl methyl sites for hydroxylation is 1. The summed E-state index contributed by atoms with van der Waals surface area (Å²) in [5, 5.41) is 3.20. The molecule has 1 aliphatic carbocycles. The number of carbonyl (C=O) groups excluding carboxylic acids is 1. The molecule has 3 aromatic rings. The molecule has 200 valence electrons. The van der Waals surface area contributed by atoms with Crippen molar-refractivity contribution in [3.05, 3.63) is 74.2 Å². The minimum Gasteiger partial charge on any atom is -0.448 e. The van der Waals surface area contributed by atoms with Gasteiger partial charge in [-0.05, 0) is 64.0 Å². The highest BCUT2D eigenvalue weighted by atomic mass is 35.5. The molecule has 1 saturated carbocycles. The van der Waals surface area contributed by atoms with Crippen molar-refractivity contribution in [1.82, 2.24) is 20.3 Å². The number of hydrogen-bond donors (Lipinski definition) is 2. The van der Waals surface area contributed by atoms with Crippen molar-refractivity contribution in [2.24, 2.45) is 5.92 Å². The summed E-state index contributed by atoms with van der Waals surface area (Å²) in [5.74, 6) is 1.12. The molecule has 0 saturated heterocycles. The predicted molar refractivity (Wildman–Crippen MR) is 147 cm³/mol. The van der Waals surface area contributed by atoms with Crippen LogP contribution >= 0.6 is 23.4 Å². The van der Waals surface area contributed by atoms with Crippen molar-refractivity contribution in [3.8, 4) is 11.5 Å². The number of benzene rings is 1. The van der Waals surface area contributed by atoms with Crippen LogP contribution in [-0.4, -0.2) is 32.9 Å². The van der Waals surface area contributed by atoms with Gasteiger partial charge >= 0.3 is 0 Å². The van der Waals surface area contributed by atoms with Gasteiger partial charge in [0.05, 0.1) is 5.02 Å². The molecule has 1 fully saturated rings. The molecule has 0 spiro atoms. The van der Waals surface area contributed by atoms with Crippen molar-refractivity contribution in [2.45, 2.75) is 69.6 Å². The van der Waals surface area contributed by atoms with Crippen LogP contribution in [0.15, 0.2) is 40.3 Å². The molecule has 5 rings (SSSR count). The van der Waals surface area contributed by atoms with Crippen molar-refractivity contribution >= 4 is 29.3 Å².